The van der Waals surface area contributed by atoms with Crippen molar-refractivity contribution in [3.8, 4) is 5.75 Å². The van der Waals surface area contributed by atoms with E-state index in [4.69, 9.17) is 9.47 Å². The Morgan fingerprint density at radius 1 is 1.19 bits per heavy atom. The second-order valence-corrected chi connectivity index (χ2v) is 5.85. The number of amides is 3. The highest BCUT2D eigenvalue weighted by molar-refractivity contribution is 6.00. The zero-order valence-corrected chi connectivity index (χ0v) is 14.9. The number of carbonyl (C=O) groups excluding carboxylic acids is 2. The summed E-state index contributed by atoms with van der Waals surface area (Å²) in [4.78, 5) is 32.0. The Hall–Kier alpha value is -3.03. The Balaban J connectivity index is 1.69. The number of piperazine rings is 1. The van der Waals surface area contributed by atoms with E-state index in [9.17, 15) is 9.59 Å². The van der Waals surface area contributed by atoms with E-state index < -0.39 is 0 Å². The van der Waals surface area contributed by atoms with Gasteiger partial charge < -0.3 is 24.6 Å². The smallest absolute Gasteiger partial charge is 0.409 e. The van der Waals surface area contributed by atoms with E-state index in [-0.39, 0.29) is 12.1 Å². The van der Waals surface area contributed by atoms with Gasteiger partial charge in [0.1, 0.15) is 5.75 Å². The number of ether oxygens (including phenoxy) is 2. The summed E-state index contributed by atoms with van der Waals surface area (Å²) in [6, 6.07) is 7.15. The van der Waals surface area contributed by atoms with E-state index in [0.717, 1.165) is 5.39 Å². The number of nitrogens with zero attached hydrogens (tertiary/aromatic N) is 3. The Morgan fingerprint density at radius 2 is 1.92 bits per heavy atom. The topological polar surface area (TPSA) is 84.0 Å². The van der Waals surface area contributed by atoms with Crippen molar-refractivity contribution in [2.45, 2.75) is 6.92 Å². The number of hydrogen-bond acceptors (Lipinski definition) is 5. The highest BCUT2D eigenvalue weighted by Gasteiger charge is 2.25. The molecule has 2 heterocycles. The summed E-state index contributed by atoms with van der Waals surface area (Å²) in [5.74, 6) is 0.646. The first kappa shape index (κ1) is 17.8. The Kier molecular flexibility index (Phi) is 5.40. The van der Waals surface area contributed by atoms with Gasteiger partial charge in [0, 0.05) is 43.8 Å². The van der Waals surface area contributed by atoms with Crippen LogP contribution < -0.4 is 10.1 Å². The number of hydrogen-bond donors (Lipinski definition) is 1. The molecule has 0 radical (unpaired) electrons. The first-order valence-corrected chi connectivity index (χ1v) is 8.52. The van der Waals surface area contributed by atoms with Crippen molar-refractivity contribution >= 4 is 28.7 Å². The molecule has 8 heteroatoms. The van der Waals surface area contributed by atoms with Crippen molar-refractivity contribution in [2.24, 2.45) is 0 Å². The third kappa shape index (κ3) is 3.79. The average molecular weight is 358 g/mol. The van der Waals surface area contributed by atoms with E-state index in [2.05, 4.69) is 10.3 Å². The van der Waals surface area contributed by atoms with Gasteiger partial charge >= 0.3 is 12.1 Å². The normalized spacial score (nSPS) is 14.2. The molecular formula is C18H22N4O4. The minimum atomic E-state index is -0.337. The van der Waals surface area contributed by atoms with Gasteiger partial charge in [-0.2, -0.15) is 0 Å². The monoisotopic (exact) mass is 358 g/mol. The van der Waals surface area contributed by atoms with Crippen LogP contribution in [-0.2, 0) is 4.74 Å². The summed E-state index contributed by atoms with van der Waals surface area (Å²) < 4.78 is 10.3. The third-order valence-electron chi connectivity index (χ3n) is 4.25. The number of anilines is 1. The maximum Gasteiger partial charge on any atom is 0.409 e. The molecule has 26 heavy (non-hydrogen) atoms. The standard InChI is InChI=1S/C18H22N4O4/c1-3-26-18(24)22-9-7-21(8-10-22)17(23)20-15-12-14(25-2)11-13-5-4-6-19-16(13)15/h4-6,11-12H,3,7-10H2,1-2H3,(H,20,23). The molecule has 0 saturated carbocycles. The second-order valence-electron chi connectivity index (χ2n) is 5.85. The van der Waals surface area contributed by atoms with Crippen molar-refractivity contribution < 1.29 is 19.1 Å². The number of rotatable bonds is 3. The minimum absolute atomic E-state index is 0.228. The number of fused-ring (bicyclic) bond motifs is 1. The van der Waals surface area contributed by atoms with Crippen molar-refractivity contribution in [1.82, 2.24) is 14.8 Å². The van der Waals surface area contributed by atoms with Crippen molar-refractivity contribution in [2.75, 3.05) is 45.2 Å². The Morgan fingerprint density at radius 3 is 2.62 bits per heavy atom. The lowest BCUT2D eigenvalue weighted by atomic mass is 10.2. The van der Waals surface area contributed by atoms with Crippen LogP contribution in [0.1, 0.15) is 6.92 Å². The molecule has 1 aliphatic rings. The van der Waals surface area contributed by atoms with Crippen LogP contribution in [0.2, 0.25) is 0 Å². The lowest BCUT2D eigenvalue weighted by Crippen LogP contribution is -2.51. The summed E-state index contributed by atoms with van der Waals surface area (Å²) in [6.07, 6.45) is 1.35. The van der Waals surface area contributed by atoms with Crippen molar-refractivity contribution in [3.63, 3.8) is 0 Å². The third-order valence-corrected chi connectivity index (χ3v) is 4.25. The molecule has 0 aliphatic carbocycles. The van der Waals surface area contributed by atoms with Gasteiger partial charge in [0.25, 0.3) is 0 Å². The number of carbonyl (C=O) groups is 2. The van der Waals surface area contributed by atoms with Gasteiger partial charge in [-0.25, -0.2) is 9.59 Å². The van der Waals surface area contributed by atoms with Crippen LogP contribution in [0, 0.1) is 0 Å². The molecule has 0 unspecified atom stereocenters. The van der Waals surface area contributed by atoms with E-state index in [1.165, 1.54) is 0 Å². The molecule has 1 N–H and O–H groups in total. The Labute approximate surface area is 151 Å². The summed E-state index contributed by atoms with van der Waals surface area (Å²) in [5, 5.41) is 3.79. The van der Waals surface area contributed by atoms with Crippen molar-refractivity contribution in [3.05, 3.63) is 30.5 Å². The van der Waals surface area contributed by atoms with Crippen LogP contribution in [0.15, 0.2) is 30.5 Å². The first-order valence-electron chi connectivity index (χ1n) is 8.52. The largest absolute Gasteiger partial charge is 0.497 e. The van der Waals surface area contributed by atoms with E-state index in [0.29, 0.717) is 49.7 Å². The fraction of sp³-hybridized carbons (Fsp3) is 0.389. The lowest BCUT2D eigenvalue weighted by molar-refractivity contribution is 0.0869. The van der Waals surface area contributed by atoms with Gasteiger partial charge in [-0.05, 0) is 19.1 Å². The zero-order chi connectivity index (χ0) is 18.5. The molecule has 1 fully saturated rings. The zero-order valence-electron chi connectivity index (χ0n) is 14.9. The number of benzene rings is 1. The Bertz CT molecular complexity index is 803. The van der Waals surface area contributed by atoms with Gasteiger partial charge in [0.15, 0.2) is 0 Å². The molecule has 0 bridgehead atoms. The van der Waals surface area contributed by atoms with Gasteiger partial charge in [-0.15, -0.1) is 0 Å². The van der Waals surface area contributed by atoms with Crippen LogP contribution >= 0.6 is 0 Å². The molecular weight excluding hydrogens is 336 g/mol. The summed E-state index contributed by atoms with van der Waals surface area (Å²) in [6.45, 7) is 3.90. The summed E-state index contributed by atoms with van der Waals surface area (Å²) >= 11 is 0. The van der Waals surface area contributed by atoms with E-state index in [1.807, 2.05) is 18.2 Å². The second kappa shape index (κ2) is 7.90. The van der Waals surface area contributed by atoms with Crippen LogP contribution in [-0.4, -0.2) is 66.8 Å². The highest BCUT2D eigenvalue weighted by Crippen LogP contribution is 2.28. The van der Waals surface area contributed by atoms with Gasteiger partial charge in [-0.1, -0.05) is 6.07 Å². The number of methoxy groups -OCH3 is 1. The molecule has 8 nitrogen and oxygen atoms in total. The molecule has 138 valence electrons. The summed E-state index contributed by atoms with van der Waals surface area (Å²) in [5.41, 5.74) is 1.30. The number of urea groups is 1. The molecule has 2 aromatic rings. The fourth-order valence-electron chi connectivity index (χ4n) is 2.88. The number of aromatic nitrogens is 1. The van der Waals surface area contributed by atoms with Crippen molar-refractivity contribution in [1.29, 1.82) is 0 Å². The lowest BCUT2D eigenvalue weighted by Gasteiger charge is -2.34. The average Bonchev–Trinajstić information content (AvgIpc) is 2.68. The molecule has 1 aromatic carbocycles. The predicted octanol–water partition coefficient (Wildman–Crippen LogP) is 2.55. The number of pyridine rings is 1. The van der Waals surface area contributed by atoms with Gasteiger partial charge in [-0.3, -0.25) is 4.98 Å². The van der Waals surface area contributed by atoms with E-state index >= 15 is 0 Å². The SMILES string of the molecule is CCOC(=O)N1CCN(C(=O)Nc2cc(OC)cc3cccnc23)CC1. The highest BCUT2D eigenvalue weighted by atomic mass is 16.6. The van der Waals surface area contributed by atoms with Gasteiger partial charge in [0.05, 0.1) is 24.9 Å². The fourth-order valence-corrected chi connectivity index (χ4v) is 2.88. The van der Waals surface area contributed by atoms with Crippen LogP contribution in [0.3, 0.4) is 0 Å². The molecule has 3 rings (SSSR count). The number of nitrogens with one attached hydrogen (secondary N) is 1. The first-order chi connectivity index (χ1) is 12.6. The molecule has 1 aliphatic heterocycles. The maximum absolute atomic E-state index is 12.6. The van der Waals surface area contributed by atoms with Crippen LogP contribution in [0.4, 0.5) is 15.3 Å². The molecule has 1 aromatic heterocycles. The van der Waals surface area contributed by atoms with E-state index in [1.54, 1.807) is 36.1 Å². The summed E-state index contributed by atoms with van der Waals surface area (Å²) in [7, 11) is 1.58. The minimum Gasteiger partial charge on any atom is -0.497 e. The van der Waals surface area contributed by atoms with Crippen LogP contribution in [0.5, 0.6) is 5.75 Å². The molecule has 0 atom stereocenters. The quantitative estimate of drug-likeness (QED) is 0.912. The van der Waals surface area contributed by atoms with Crippen LogP contribution in [0.25, 0.3) is 10.9 Å². The van der Waals surface area contributed by atoms with Gasteiger partial charge in [0.2, 0.25) is 0 Å². The molecule has 0 spiro atoms. The molecule has 1 saturated heterocycles. The molecule has 3 amide bonds. The predicted molar refractivity (Wildman–Crippen MR) is 97.5 cm³/mol. The maximum atomic E-state index is 12.6.